The molecule has 18 heavy (non-hydrogen) atoms. The van der Waals surface area contributed by atoms with Gasteiger partial charge in [0.25, 0.3) is 0 Å². The van der Waals surface area contributed by atoms with Crippen molar-refractivity contribution in [3.63, 3.8) is 0 Å². The second kappa shape index (κ2) is 6.00. The Morgan fingerprint density at radius 2 is 2.17 bits per heavy atom. The van der Waals surface area contributed by atoms with Gasteiger partial charge in [-0.1, -0.05) is 0 Å². The number of ether oxygens (including phenoxy) is 3. The fourth-order valence-electron chi connectivity index (χ4n) is 1.79. The predicted octanol–water partition coefficient (Wildman–Crippen LogP) is 2.37. The van der Waals surface area contributed by atoms with Gasteiger partial charge in [0.15, 0.2) is 0 Å². The van der Waals surface area contributed by atoms with Crippen LogP contribution in [-0.2, 0) is 4.74 Å². The van der Waals surface area contributed by atoms with E-state index in [1.165, 1.54) is 7.11 Å². The van der Waals surface area contributed by atoms with Crippen LogP contribution in [0.15, 0.2) is 18.2 Å². The number of methoxy groups -OCH3 is 2. The van der Waals surface area contributed by atoms with Crippen molar-refractivity contribution in [3.05, 3.63) is 23.8 Å². The molecule has 0 bridgehead atoms. The first kappa shape index (κ1) is 13.1. The van der Waals surface area contributed by atoms with Gasteiger partial charge >= 0.3 is 5.97 Å². The van der Waals surface area contributed by atoms with E-state index in [2.05, 4.69) is 0 Å². The highest BCUT2D eigenvalue weighted by Crippen LogP contribution is 2.27. The highest BCUT2D eigenvalue weighted by atomic mass is 32.2. The molecule has 0 aliphatic carbocycles. The lowest BCUT2D eigenvalue weighted by atomic mass is 10.2. The molecule has 2 rings (SSSR count). The zero-order valence-corrected chi connectivity index (χ0v) is 11.3. The molecule has 0 N–H and O–H groups in total. The van der Waals surface area contributed by atoms with Gasteiger partial charge < -0.3 is 14.2 Å². The summed E-state index contributed by atoms with van der Waals surface area (Å²) in [6.07, 6.45) is 0.932. The molecule has 0 saturated carbocycles. The lowest BCUT2D eigenvalue weighted by Gasteiger charge is -2.13. The molecule has 5 heteroatoms. The summed E-state index contributed by atoms with van der Waals surface area (Å²) in [7, 11) is 3.09. The van der Waals surface area contributed by atoms with Crippen LogP contribution >= 0.6 is 11.8 Å². The molecule has 1 aliphatic rings. The minimum Gasteiger partial charge on any atom is -0.497 e. The molecule has 0 amide bonds. The molecule has 1 atom stereocenters. The number of hydrogen-bond donors (Lipinski definition) is 0. The van der Waals surface area contributed by atoms with Gasteiger partial charge in [-0.15, -0.1) is 0 Å². The molecule has 0 unspecified atom stereocenters. The van der Waals surface area contributed by atoms with Gasteiger partial charge in [-0.3, -0.25) is 0 Å². The maximum Gasteiger partial charge on any atom is 0.342 e. The zero-order valence-electron chi connectivity index (χ0n) is 10.5. The van der Waals surface area contributed by atoms with E-state index in [-0.39, 0.29) is 12.1 Å². The van der Waals surface area contributed by atoms with Crippen molar-refractivity contribution in [3.8, 4) is 11.5 Å². The maximum absolute atomic E-state index is 12.1. The molecule has 98 valence electrons. The van der Waals surface area contributed by atoms with E-state index < -0.39 is 0 Å². The lowest BCUT2D eigenvalue weighted by molar-refractivity contribution is 0.0353. The van der Waals surface area contributed by atoms with E-state index in [0.29, 0.717) is 17.1 Å². The summed E-state index contributed by atoms with van der Waals surface area (Å²) < 4.78 is 15.7. The first-order valence-corrected chi connectivity index (χ1v) is 6.91. The van der Waals surface area contributed by atoms with Crippen molar-refractivity contribution in [2.45, 2.75) is 12.5 Å². The van der Waals surface area contributed by atoms with Gasteiger partial charge in [0.1, 0.15) is 23.2 Å². The Kier molecular flexibility index (Phi) is 4.36. The average molecular weight is 268 g/mol. The fraction of sp³-hybridized carbons (Fsp3) is 0.462. The number of carbonyl (C=O) groups excluding carboxylic acids is 1. The van der Waals surface area contributed by atoms with Crippen LogP contribution in [-0.4, -0.2) is 37.8 Å². The van der Waals surface area contributed by atoms with Crippen LogP contribution in [0, 0.1) is 0 Å². The minimum atomic E-state index is -0.349. The number of benzene rings is 1. The SMILES string of the molecule is COc1ccc(OC)c(C(=O)O[C@H]2CCSC2)c1. The molecular formula is C13H16O4S. The number of carbonyl (C=O) groups is 1. The molecule has 4 nitrogen and oxygen atoms in total. The number of esters is 1. The third-order valence-corrected chi connectivity index (χ3v) is 3.92. The third-order valence-electron chi connectivity index (χ3n) is 2.79. The quantitative estimate of drug-likeness (QED) is 0.784. The fourth-order valence-corrected chi connectivity index (χ4v) is 2.89. The van der Waals surface area contributed by atoms with Crippen molar-refractivity contribution in [2.75, 3.05) is 25.7 Å². The van der Waals surface area contributed by atoms with Gasteiger partial charge in [-0.2, -0.15) is 11.8 Å². The smallest absolute Gasteiger partial charge is 0.342 e. The van der Waals surface area contributed by atoms with Gasteiger partial charge in [0, 0.05) is 5.75 Å². The second-order valence-corrected chi connectivity index (χ2v) is 5.11. The van der Waals surface area contributed by atoms with Crippen LogP contribution < -0.4 is 9.47 Å². The molecule has 1 fully saturated rings. The second-order valence-electron chi connectivity index (χ2n) is 3.96. The predicted molar refractivity (Wildman–Crippen MR) is 70.7 cm³/mol. The normalized spacial score (nSPS) is 18.4. The monoisotopic (exact) mass is 268 g/mol. The van der Waals surface area contributed by atoms with E-state index in [4.69, 9.17) is 14.2 Å². The number of hydrogen-bond acceptors (Lipinski definition) is 5. The summed E-state index contributed by atoms with van der Waals surface area (Å²) in [6.45, 7) is 0. The Balaban J connectivity index is 2.16. The molecular weight excluding hydrogens is 252 g/mol. The van der Waals surface area contributed by atoms with Crippen LogP contribution in [0.4, 0.5) is 0 Å². The summed E-state index contributed by atoms with van der Waals surface area (Å²) in [5, 5.41) is 0. The Morgan fingerprint density at radius 1 is 1.33 bits per heavy atom. The van der Waals surface area contributed by atoms with E-state index in [0.717, 1.165) is 17.9 Å². The average Bonchev–Trinajstić information content (AvgIpc) is 2.90. The molecule has 1 aromatic carbocycles. The van der Waals surface area contributed by atoms with Crippen LogP contribution in [0.2, 0.25) is 0 Å². The topological polar surface area (TPSA) is 44.8 Å². The molecule has 1 heterocycles. The van der Waals surface area contributed by atoms with Crippen molar-refractivity contribution < 1.29 is 19.0 Å². The first-order chi connectivity index (χ1) is 8.74. The van der Waals surface area contributed by atoms with Crippen molar-refractivity contribution in [1.29, 1.82) is 0 Å². The molecule has 1 saturated heterocycles. The number of rotatable bonds is 4. The first-order valence-electron chi connectivity index (χ1n) is 5.75. The Morgan fingerprint density at radius 3 is 2.78 bits per heavy atom. The van der Waals surface area contributed by atoms with Crippen LogP contribution in [0.25, 0.3) is 0 Å². The van der Waals surface area contributed by atoms with E-state index in [1.54, 1.807) is 37.1 Å². The van der Waals surface area contributed by atoms with Crippen molar-refractivity contribution >= 4 is 17.7 Å². The van der Waals surface area contributed by atoms with Gasteiger partial charge in [0.05, 0.1) is 14.2 Å². The van der Waals surface area contributed by atoms with Gasteiger partial charge in [0.2, 0.25) is 0 Å². The summed E-state index contributed by atoms with van der Waals surface area (Å²) in [5.74, 6) is 2.69. The molecule has 0 aromatic heterocycles. The zero-order chi connectivity index (χ0) is 13.0. The Hall–Kier alpha value is -1.36. The van der Waals surface area contributed by atoms with Crippen molar-refractivity contribution in [2.24, 2.45) is 0 Å². The highest BCUT2D eigenvalue weighted by molar-refractivity contribution is 7.99. The van der Waals surface area contributed by atoms with E-state index >= 15 is 0 Å². The van der Waals surface area contributed by atoms with Crippen LogP contribution in [0.3, 0.4) is 0 Å². The summed E-state index contributed by atoms with van der Waals surface area (Å²) in [4.78, 5) is 12.1. The van der Waals surface area contributed by atoms with E-state index in [1.807, 2.05) is 0 Å². The van der Waals surface area contributed by atoms with E-state index in [9.17, 15) is 4.79 Å². The standard InChI is InChI=1S/C13H16O4S/c1-15-9-3-4-12(16-2)11(7-9)13(14)17-10-5-6-18-8-10/h3-4,7,10H,5-6,8H2,1-2H3/t10-/m0/s1. The Labute approximate surface area is 111 Å². The largest absolute Gasteiger partial charge is 0.497 e. The molecule has 0 radical (unpaired) electrons. The van der Waals surface area contributed by atoms with Gasteiger partial charge in [-0.25, -0.2) is 4.79 Å². The summed E-state index contributed by atoms with van der Waals surface area (Å²) in [5.41, 5.74) is 0.411. The van der Waals surface area contributed by atoms with Crippen molar-refractivity contribution in [1.82, 2.24) is 0 Å². The lowest BCUT2D eigenvalue weighted by Crippen LogP contribution is -2.18. The molecule has 0 spiro atoms. The Bertz CT molecular complexity index is 427. The summed E-state index contributed by atoms with van der Waals surface area (Å²) in [6, 6.07) is 5.10. The van der Waals surface area contributed by atoms with Crippen LogP contribution in [0.5, 0.6) is 11.5 Å². The van der Waals surface area contributed by atoms with Crippen LogP contribution in [0.1, 0.15) is 16.8 Å². The molecule has 1 aliphatic heterocycles. The summed E-state index contributed by atoms with van der Waals surface area (Å²) >= 11 is 1.80. The maximum atomic E-state index is 12.1. The van der Waals surface area contributed by atoms with Gasteiger partial charge in [-0.05, 0) is 30.4 Å². The number of thioether (sulfide) groups is 1. The third kappa shape index (κ3) is 2.90. The molecule has 1 aromatic rings. The minimum absolute atomic E-state index is 0.0124. The highest BCUT2D eigenvalue weighted by Gasteiger charge is 2.23.